The number of amides is 1. The molecule has 0 saturated heterocycles. The first-order chi connectivity index (χ1) is 13.0. The minimum atomic E-state index is -4.69. The van der Waals surface area contributed by atoms with Crippen molar-refractivity contribution in [3.8, 4) is 0 Å². The zero-order chi connectivity index (χ0) is 20.9. The van der Waals surface area contributed by atoms with E-state index < -0.39 is 23.4 Å². The Labute approximate surface area is 171 Å². The van der Waals surface area contributed by atoms with Gasteiger partial charge in [-0.1, -0.05) is 15.9 Å². The first kappa shape index (κ1) is 22.5. The molecule has 2 aromatic carbocycles. The molecule has 0 bridgehead atoms. The number of anilines is 2. The van der Waals surface area contributed by atoms with Crippen molar-refractivity contribution >= 4 is 45.0 Å². The van der Waals surface area contributed by atoms with Gasteiger partial charge in [0.1, 0.15) is 11.5 Å². The van der Waals surface area contributed by atoms with Crippen molar-refractivity contribution < 1.29 is 27.5 Å². The number of halogens is 5. The molecule has 1 unspecified atom stereocenters. The monoisotopic (exact) mass is 480 g/mol. The minimum absolute atomic E-state index is 0.0360. The van der Waals surface area contributed by atoms with Gasteiger partial charge in [0.2, 0.25) is 5.91 Å². The van der Waals surface area contributed by atoms with Crippen LogP contribution in [0.3, 0.4) is 0 Å². The molecule has 28 heavy (non-hydrogen) atoms. The predicted molar refractivity (Wildman–Crippen MR) is 105 cm³/mol. The van der Waals surface area contributed by atoms with E-state index in [0.717, 1.165) is 12.1 Å². The maximum atomic E-state index is 13.3. The fraction of sp³-hybridized carbons (Fsp3) is 0.278. The van der Waals surface area contributed by atoms with Crippen LogP contribution in [0.25, 0.3) is 0 Å². The number of benzene rings is 2. The van der Waals surface area contributed by atoms with Gasteiger partial charge in [0.05, 0.1) is 16.6 Å². The van der Waals surface area contributed by atoms with Gasteiger partial charge in [0.15, 0.2) is 0 Å². The van der Waals surface area contributed by atoms with Gasteiger partial charge in [0.25, 0.3) is 0 Å². The smallest absolute Gasteiger partial charge is 0.370 e. The molecule has 0 aliphatic heterocycles. The Hall–Kier alpha value is -1.78. The second-order valence-corrected chi connectivity index (χ2v) is 7.69. The number of aliphatic hydroxyl groups is 1. The van der Waals surface area contributed by atoms with Crippen LogP contribution in [0.2, 0.25) is 0 Å². The lowest BCUT2D eigenvalue weighted by Gasteiger charge is -2.26. The molecule has 152 valence electrons. The number of thioether (sulfide) groups is 1. The van der Waals surface area contributed by atoms with Gasteiger partial charge in [-0.05, 0) is 49.4 Å². The Morgan fingerprint density at radius 2 is 1.82 bits per heavy atom. The summed E-state index contributed by atoms with van der Waals surface area (Å²) >= 11 is 4.10. The van der Waals surface area contributed by atoms with E-state index in [2.05, 4.69) is 26.6 Å². The zero-order valence-corrected chi connectivity index (χ0v) is 17.0. The Bertz CT molecular complexity index is 829. The van der Waals surface area contributed by atoms with Gasteiger partial charge in [-0.25, -0.2) is 4.39 Å². The highest BCUT2D eigenvalue weighted by Crippen LogP contribution is 2.37. The number of nitrogens with one attached hydrogen (secondary N) is 2. The van der Waals surface area contributed by atoms with E-state index in [1.165, 1.54) is 36.9 Å². The molecule has 0 spiro atoms. The zero-order valence-electron chi connectivity index (χ0n) is 14.6. The highest BCUT2D eigenvalue weighted by atomic mass is 79.9. The Balaban J connectivity index is 2.14. The summed E-state index contributed by atoms with van der Waals surface area (Å²) in [5, 5.41) is 15.2. The average molecular weight is 481 g/mol. The van der Waals surface area contributed by atoms with Crippen molar-refractivity contribution in [3.05, 3.63) is 53.8 Å². The van der Waals surface area contributed by atoms with Crippen LogP contribution in [0.1, 0.15) is 12.5 Å². The average Bonchev–Trinajstić information content (AvgIpc) is 2.61. The molecular weight excluding hydrogens is 464 g/mol. The van der Waals surface area contributed by atoms with E-state index in [4.69, 9.17) is 0 Å². The van der Waals surface area contributed by atoms with E-state index in [9.17, 15) is 27.5 Å². The summed E-state index contributed by atoms with van der Waals surface area (Å²) in [5.41, 5.74) is -2.91. The molecule has 1 atom stereocenters. The third kappa shape index (κ3) is 6.68. The summed E-state index contributed by atoms with van der Waals surface area (Å²) in [6, 6.07) is 8.91. The van der Waals surface area contributed by atoms with Crippen molar-refractivity contribution in [2.45, 2.75) is 23.7 Å². The summed E-state index contributed by atoms with van der Waals surface area (Å²) in [6.07, 6.45) is -4.69. The van der Waals surface area contributed by atoms with Crippen molar-refractivity contribution in [2.75, 3.05) is 21.7 Å². The SMILES string of the molecule is CC(O)(CSc1ccc(F)cc1)Nc1ccc(NC(=O)CBr)c(C(F)(F)F)c1. The molecule has 0 aromatic heterocycles. The van der Waals surface area contributed by atoms with Crippen LogP contribution in [0.15, 0.2) is 47.4 Å². The van der Waals surface area contributed by atoms with E-state index in [0.29, 0.717) is 4.90 Å². The van der Waals surface area contributed by atoms with Gasteiger partial charge < -0.3 is 15.7 Å². The fourth-order valence-electron chi connectivity index (χ4n) is 2.25. The molecule has 0 radical (unpaired) electrons. The molecule has 0 aliphatic carbocycles. The fourth-order valence-corrected chi connectivity index (χ4v) is 3.24. The molecule has 4 nitrogen and oxygen atoms in total. The Morgan fingerprint density at radius 1 is 1.18 bits per heavy atom. The molecular formula is C18H17BrF4N2O2S. The van der Waals surface area contributed by atoms with Crippen LogP contribution >= 0.6 is 27.7 Å². The number of carbonyl (C=O) groups is 1. The normalized spacial score (nSPS) is 13.7. The van der Waals surface area contributed by atoms with Gasteiger partial charge in [0, 0.05) is 16.3 Å². The lowest BCUT2D eigenvalue weighted by molar-refractivity contribution is -0.136. The van der Waals surface area contributed by atoms with Crippen LogP contribution < -0.4 is 10.6 Å². The molecule has 0 aliphatic rings. The first-order valence-electron chi connectivity index (χ1n) is 7.96. The maximum Gasteiger partial charge on any atom is 0.418 e. The van der Waals surface area contributed by atoms with E-state index in [1.807, 2.05) is 0 Å². The summed E-state index contributed by atoms with van der Waals surface area (Å²) in [5.74, 6) is -0.905. The molecule has 0 saturated carbocycles. The highest BCUT2D eigenvalue weighted by molar-refractivity contribution is 9.09. The molecule has 0 heterocycles. The molecule has 10 heteroatoms. The first-order valence-corrected chi connectivity index (χ1v) is 10.1. The third-order valence-electron chi connectivity index (χ3n) is 3.47. The van der Waals surface area contributed by atoms with Crippen molar-refractivity contribution in [3.63, 3.8) is 0 Å². The highest BCUT2D eigenvalue weighted by Gasteiger charge is 2.34. The van der Waals surface area contributed by atoms with E-state index in [1.54, 1.807) is 12.1 Å². The standard InChI is InChI=1S/C18H17BrF4N2O2S/c1-17(27,10-28-13-5-2-11(20)3-6-13)25-12-4-7-15(24-16(26)9-19)14(8-12)18(21,22)23/h2-8,25,27H,9-10H2,1H3,(H,24,26). The second kappa shape index (κ2) is 9.15. The molecule has 0 fully saturated rings. The van der Waals surface area contributed by atoms with Gasteiger partial charge in [-0.3, -0.25) is 4.79 Å². The number of rotatable bonds is 7. The van der Waals surface area contributed by atoms with Crippen molar-refractivity contribution in [2.24, 2.45) is 0 Å². The van der Waals surface area contributed by atoms with Crippen molar-refractivity contribution in [1.82, 2.24) is 0 Å². The third-order valence-corrected chi connectivity index (χ3v) is 5.29. The van der Waals surface area contributed by atoms with Crippen LogP contribution in [-0.2, 0) is 11.0 Å². The maximum absolute atomic E-state index is 13.3. The Morgan fingerprint density at radius 3 is 2.39 bits per heavy atom. The Kier molecular flexibility index (Phi) is 7.35. The quantitative estimate of drug-likeness (QED) is 0.223. The largest absolute Gasteiger partial charge is 0.418 e. The molecule has 3 N–H and O–H groups in total. The molecule has 2 rings (SSSR count). The number of hydrogen-bond acceptors (Lipinski definition) is 4. The number of carbonyl (C=O) groups excluding carboxylic acids is 1. The number of hydrogen-bond donors (Lipinski definition) is 3. The summed E-state index contributed by atoms with van der Waals surface area (Å²) in [4.78, 5) is 12.1. The summed E-state index contributed by atoms with van der Waals surface area (Å²) < 4.78 is 52.9. The summed E-state index contributed by atoms with van der Waals surface area (Å²) in [6.45, 7) is 1.41. The minimum Gasteiger partial charge on any atom is -0.370 e. The van der Waals surface area contributed by atoms with Gasteiger partial charge in [-0.15, -0.1) is 11.8 Å². The van der Waals surface area contributed by atoms with Crippen LogP contribution in [0.5, 0.6) is 0 Å². The van der Waals surface area contributed by atoms with Gasteiger partial charge in [-0.2, -0.15) is 13.2 Å². The van der Waals surface area contributed by atoms with Crippen molar-refractivity contribution in [1.29, 1.82) is 0 Å². The lowest BCUT2D eigenvalue weighted by atomic mass is 10.1. The topological polar surface area (TPSA) is 61.4 Å². The van der Waals surface area contributed by atoms with E-state index in [-0.39, 0.29) is 28.3 Å². The molecule has 1 amide bonds. The second-order valence-electron chi connectivity index (χ2n) is 6.08. The predicted octanol–water partition coefficient (Wildman–Crippen LogP) is 5.09. The van der Waals surface area contributed by atoms with Crippen LogP contribution in [0, 0.1) is 5.82 Å². The molecule has 2 aromatic rings. The van der Waals surface area contributed by atoms with E-state index >= 15 is 0 Å². The van der Waals surface area contributed by atoms with Crippen LogP contribution in [-0.4, -0.2) is 27.8 Å². The summed E-state index contributed by atoms with van der Waals surface area (Å²) in [7, 11) is 0. The number of alkyl halides is 4. The lowest BCUT2D eigenvalue weighted by Crippen LogP contribution is -2.37. The van der Waals surface area contributed by atoms with Crippen LogP contribution in [0.4, 0.5) is 28.9 Å². The van der Waals surface area contributed by atoms with Gasteiger partial charge >= 0.3 is 6.18 Å².